The molecule has 2 aromatic heterocycles. The van der Waals surface area contributed by atoms with Crippen LogP contribution in [-0.4, -0.2) is 19.5 Å². The first-order valence-corrected chi connectivity index (χ1v) is 5.41. The van der Waals surface area contributed by atoms with Gasteiger partial charge in [-0.15, -0.1) is 0 Å². The quantitative estimate of drug-likeness (QED) is 0.743. The van der Waals surface area contributed by atoms with Crippen LogP contribution in [0.5, 0.6) is 0 Å². The highest BCUT2D eigenvalue weighted by molar-refractivity contribution is 5.81. The number of rotatable bonds is 1. The number of fused-ring (bicyclic) bond motifs is 1. The molecule has 5 nitrogen and oxygen atoms in total. The van der Waals surface area contributed by atoms with E-state index in [-0.39, 0.29) is 5.82 Å². The summed E-state index contributed by atoms with van der Waals surface area (Å²) in [5.41, 5.74) is 6.61. The second-order valence-electron chi connectivity index (χ2n) is 4.14. The van der Waals surface area contributed by atoms with E-state index >= 15 is 0 Å². The molecule has 2 heterocycles. The predicted octanol–water partition coefficient (Wildman–Crippen LogP) is 1.66. The molecule has 0 saturated heterocycles. The number of nitrogens with zero attached hydrogens (tertiary/aromatic N) is 4. The van der Waals surface area contributed by atoms with E-state index in [4.69, 9.17) is 5.73 Å². The molecule has 6 heteroatoms. The molecule has 0 atom stereocenters. The van der Waals surface area contributed by atoms with Crippen molar-refractivity contribution < 1.29 is 4.39 Å². The minimum atomic E-state index is -0.787. The van der Waals surface area contributed by atoms with Crippen LogP contribution in [0.25, 0.3) is 11.2 Å². The van der Waals surface area contributed by atoms with Gasteiger partial charge in [0.15, 0.2) is 11.5 Å². The molecule has 16 heavy (non-hydrogen) atoms. The van der Waals surface area contributed by atoms with Crippen LogP contribution in [0.2, 0.25) is 0 Å². The van der Waals surface area contributed by atoms with Crippen molar-refractivity contribution in [2.75, 3.05) is 5.73 Å². The van der Waals surface area contributed by atoms with E-state index < -0.39 is 6.08 Å². The van der Waals surface area contributed by atoms with Gasteiger partial charge in [0.25, 0.3) is 0 Å². The SMILES string of the molecule is Nc1nc(F)nc2c1ncn2C1CCCC1. The van der Waals surface area contributed by atoms with Crippen molar-refractivity contribution in [3.63, 3.8) is 0 Å². The first kappa shape index (κ1) is 9.50. The maximum atomic E-state index is 13.1. The van der Waals surface area contributed by atoms with E-state index in [2.05, 4.69) is 15.0 Å². The van der Waals surface area contributed by atoms with Crippen LogP contribution in [0.4, 0.5) is 10.2 Å². The van der Waals surface area contributed by atoms with Crippen LogP contribution in [0, 0.1) is 6.08 Å². The van der Waals surface area contributed by atoms with Crippen molar-refractivity contribution in [2.24, 2.45) is 0 Å². The van der Waals surface area contributed by atoms with Gasteiger partial charge in [0, 0.05) is 6.04 Å². The Bertz CT molecular complexity index is 529. The molecule has 1 fully saturated rings. The van der Waals surface area contributed by atoms with E-state index in [0.717, 1.165) is 12.8 Å². The number of aromatic nitrogens is 4. The molecule has 3 rings (SSSR count). The Morgan fingerprint density at radius 3 is 2.81 bits per heavy atom. The van der Waals surface area contributed by atoms with Crippen LogP contribution >= 0.6 is 0 Å². The number of nitrogen functional groups attached to an aromatic ring is 1. The molecule has 84 valence electrons. The third-order valence-electron chi connectivity index (χ3n) is 3.14. The summed E-state index contributed by atoms with van der Waals surface area (Å²) in [6.07, 6.45) is 5.49. The van der Waals surface area contributed by atoms with Gasteiger partial charge in [-0.3, -0.25) is 0 Å². The lowest BCUT2D eigenvalue weighted by atomic mass is 10.2. The average molecular weight is 221 g/mol. The lowest BCUT2D eigenvalue weighted by molar-refractivity contribution is 0.514. The lowest BCUT2D eigenvalue weighted by Crippen LogP contribution is -2.06. The molecule has 1 aliphatic carbocycles. The highest BCUT2D eigenvalue weighted by Gasteiger charge is 2.20. The van der Waals surface area contributed by atoms with Gasteiger partial charge in [0.1, 0.15) is 5.52 Å². The van der Waals surface area contributed by atoms with Crippen molar-refractivity contribution in [1.82, 2.24) is 19.5 Å². The first-order valence-electron chi connectivity index (χ1n) is 5.41. The molecule has 0 unspecified atom stereocenters. The fraction of sp³-hybridized carbons (Fsp3) is 0.500. The number of nitrogens with two attached hydrogens (primary N) is 1. The molecule has 0 amide bonds. The fourth-order valence-corrected chi connectivity index (χ4v) is 2.36. The highest BCUT2D eigenvalue weighted by atomic mass is 19.1. The molecule has 0 aliphatic heterocycles. The Morgan fingerprint density at radius 1 is 1.31 bits per heavy atom. The Morgan fingerprint density at radius 2 is 2.06 bits per heavy atom. The van der Waals surface area contributed by atoms with E-state index in [9.17, 15) is 4.39 Å². The van der Waals surface area contributed by atoms with Gasteiger partial charge in [-0.25, -0.2) is 4.98 Å². The lowest BCUT2D eigenvalue weighted by Gasteiger charge is -2.11. The zero-order chi connectivity index (χ0) is 11.1. The van der Waals surface area contributed by atoms with E-state index in [0.29, 0.717) is 17.2 Å². The Labute approximate surface area is 91.5 Å². The Hall–Kier alpha value is -1.72. The average Bonchev–Trinajstić information content (AvgIpc) is 2.83. The molecule has 1 aliphatic rings. The normalized spacial score (nSPS) is 17.3. The van der Waals surface area contributed by atoms with Crippen LogP contribution in [0.1, 0.15) is 31.7 Å². The standard InChI is InChI=1S/C10H12FN5/c11-10-14-8(12)7-9(15-10)16(5-13-7)6-3-1-2-4-6/h5-6H,1-4H2,(H2,12,14,15). The third kappa shape index (κ3) is 1.33. The molecule has 0 radical (unpaired) electrons. The van der Waals surface area contributed by atoms with Gasteiger partial charge in [0.05, 0.1) is 6.33 Å². The predicted molar refractivity (Wildman–Crippen MR) is 57.2 cm³/mol. The van der Waals surface area contributed by atoms with Gasteiger partial charge >= 0.3 is 6.08 Å². The van der Waals surface area contributed by atoms with Crippen molar-refractivity contribution in [3.05, 3.63) is 12.4 Å². The van der Waals surface area contributed by atoms with E-state index in [1.165, 1.54) is 12.8 Å². The summed E-state index contributed by atoms with van der Waals surface area (Å²) in [7, 11) is 0. The van der Waals surface area contributed by atoms with Crippen molar-refractivity contribution in [2.45, 2.75) is 31.7 Å². The molecule has 2 aromatic rings. The zero-order valence-corrected chi connectivity index (χ0v) is 8.73. The summed E-state index contributed by atoms with van der Waals surface area (Å²) in [5.74, 6) is 0.110. The van der Waals surface area contributed by atoms with Gasteiger partial charge in [-0.1, -0.05) is 12.8 Å². The summed E-state index contributed by atoms with van der Waals surface area (Å²) in [6.45, 7) is 0. The minimum Gasteiger partial charge on any atom is -0.382 e. The number of hydrogen-bond donors (Lipinski definition) is 1. The fourth-order valence-electron chi connectivity index (χ4n) is 2.36. The second kappa shape index (κ2) is 3.40. The molecule has 0 aromatic carbocycles. The number of anilines is 1. The molecule has 0 spiro atoms. The first-order chi connectivity index (χ1) is 7.75. The summed E-state index contributed by atoms with van der Waals surface area (Å²) < 4.78 is 15.0. The number of hydrogen-bond acceptors (Lipinski definition) is 4. The van der Waals surface area contributed by atoms with Crippen molar-refractivity contribution in [3.8, 4) is 0 Å². The molecular weight excluding hydrogens is 209 g/mol. The number of halogens is 1. The van der Waals surface area contributed by atoms with E-state index in [1.807, 2.05) is 4.57 Å². The largest absolute Gasteiger partial charge is 0.382 e. The summed E-state index contributed by atoms with van der Waals surface area (Å²) in [4.78, 5) is 11.4. The van der Waals surface area contributed by atoms with E-state index in [1.54, 1.807) is 6.33 Å². The third-order valence-corrected chi connectivity index (χ3v) is 3.14. The van der Waals surface area contributed by atoms with Gasteiger partial charge < -0.3 is 10.3 Å². The summed E-state index contributed by atoms with van der Waals surface area (Å²) in [5, 5.41) is 0. The van der Waals surface area contributed by atoms with Crippen LogP contribution in [-0.2, 0) is 0 Å². The van der Waals surface area contributed by atoms with Crippen molar-refractivity contribution in [1.29, 1.82) is 0 Å². The van der Waals surface area contributed by atoms with Gasteiger partial charge in [-0.2, -0.15) is 14.4 Å². The summed E-state index contributed by atoms with van der Waals surface area (Å²) in [6, 6.07) is 0.374. The molecule has 1 saturated carbocycles. The summed E-state index contributed by atoms with van der Waals surface area (Å²) >= 11 is 0. The van der Waals surface area contributed by atoms with Gasteiger partial charge in [0.2, 0.25) is 0 Å². The number of imidazole rings is 1. The van der Waals surface area contributed by atoms with Crippen LogP contribution in [0.3, 0.4) is 0 Å². The van der Waals surface area contributed by atoms with Crippen LogP contribution in [0.15, 0.2) is 6.33 Å². The van der Waals surface area contributed by atoms with Crippen molar-refractivity contribution >= 4 is 17.0 Å². The zero-order valence-electron chi connectivity index (χ0n) is 8.73. The molecule has 2 N–H and O–H groups in total. The molecular formula is C10H12FN5. The monoisotopic (exact) mass is 221 g/mol. The smallest absolute Gasteiger partial charge is 0.312 e. The minimum absolute atomic E-state index is 0.110. The Kier molecular flexibility index (Phi) is 2.02. The van der Waals surface area contributed by atoms with Gasteiger partial charge in [-0.05, 0) is 12.8 Å². The maximum Gasteiger partial charge on any atom is 0.312 e. The topological polar surface area (TPSA) is 69.6 Å². The highest BCUT2D eigenvalue weighted by Crippen LogP contribution is 2.31. The maximum absolute atomic E-state index is 13.1. The Balaban J connectivity index is 2.18. The second-order valence-corrected chi connectivity index (χ2v) is 4.14. The molecule has 0 bridgehead atoms. The van der Waals surface area contributed by atoms with Crippen LogP contribution < -0.4 is 5.73 Å².